The number of ether oxygens (including phenoxy) is 2. The van der Waals surface area contributed by atoms with Crippen LogP contribution in [0.4, 0.5) is 9.18 Å². The first-order chi connectivity index (χ1) is 12.9. The summed E-state index contributed by atoms with van der Waals surface area (Å²) >= 11 is 5.70. The van der Waals surface area contributed by atoms with Crippen molar-refractivity contribution in [3.8, 4) is 22.9 Å². The lowest BCUT2D eigenvalue weighted by Crippen LogP contribution is -2.19. The Bertz CT molecular complexity index is 1010. The molecule has 2 aromatic carbocycles. The zero-order valence-corrected chi connectivity index (χ0v) is 14.3. The van der Waals surface area contributed by atoms with Crippen molar-refractivity contribution < 1.29 is 23.5 Å². The lowest BCUT2D eigenvalue weighted by atomic mass is 10.2. The minimum atomic E-state index is -1.23. The van der Waals surface area contributed by atoms with Gasteiger partial charge in [-0.05, 0) is 48.5 Å². The molecule has 0 spiro atoms. The Morgan fingerprint density at radius 1 is 1.07 bits per heavy atom. The van der Waals surface area contributed by atoms with Gasteiger partial charge in [-0.3, -0.25) is 0 Å². The predicted octanol–water partition coefficient (Wildman–Crippen LogP) is 3.96. The van der Waals surface area contributed by atoms with Crippen molar-refractivity contribution in [2.75, 3.05) is 0 Å². The van der Waals surface area contributed by atoms with Gasteiger partial charge >= 0.3 is 12.1 Å². The molecule has 1 aromatic heterocycles. The van der Waals surface area contributed by atoms with Crippen LogP contribution in [0.1, 0.15) is 10.5 Å². The molecule has 0 fully saturated rings. The summed E-state index contributed by atoms with van der Waals surface area (Å²) in [5, 5.41) is 0.266. The smallest absolute Gasteiger partial charge is 0.412 e. The molecule has 2 N–H and O–H groups in total. The standard InChI is InChI=1S/C18H11ClFN3O4/c19-11-3-6-15(13(20)9-11)26-12-4-1-10(2-5-12)16-22-8-7-14(23-16)17(24)27-18(21)25/h1-9H,(H2,21,25). The van der Waals surface area contributed by atoms with Crippen LogP contribution in [-0.2, 0) is 4.74 Å². The molecule has 136 valence electrons. The van der Waals surface area contributed by atoms with Gasteiger partial charge in [-0.2, -0.15) is 0 Å². The van der Waals surface area contributed by atoms with Crippen LogP contribution in [0.5, 0.6) is 11.5 Å². The second kappa shape index (κ2) is 7.79. The number of primary amides is 1. The summed E-state index contributed by atoms with van der Waals surface area (Å²) in [6, 6.07) is 11.8. The lowest BCUT2D eigenvalue weighted by Gasteiger charge is -2.08. The van der Waals surface area contributed by atoms with E-state index in [0.29, 0.717) is 11.3 Å². The molecule has 1 amide bonds. The monoisotopic (exact) mass is 387 g/mol. The Labute approximate surface area is 157 Å². The number of benzene rings is 2. The number of hydrogen-bond donors (Lipinski definition) is 1. The maximum atomic E-state index is 13.8. The number of aromatic nitrogens is 2. The number of nitrogens with zero attached hydrogens (tertiary/aromatic N) is 2. The van der Waals surface area contributed by atoms with Gasteiger partial charge in [0.1, 0.15) is 5.75 Å². The highest BCUT2D eigenvalue weighted by Gasteiger charge is 2.14. The number of nitrogens with two attached hydrogens (primary N) is 1. The molecular formula is C18H11ClFN3O4. The van der Waals surface area contributed by atoms with E-state index in [4.69, 9.17) is 22.1 Å². The SMILES string of the molecule is NC(=O)OC(=O)c1ccnc(-c2ccc(Oc3ccc(Cl)cc3F)cc2)n1. The molecule has 3 rings (SSSR count). The Hall–Kier alpha value is -3.52. The van der Waals surface area contributed by atoms with Gasteiger partial charge in [0, 0.05) is 16.8 Å². The second-order valence-corrected chi connectivity index (χ2v) is 5.61. The van der Waals surface area contributed by atoms with Gasteiger partial charge < -0.3 is 15.2 Å². The molecule has 0 aliphatic carbocycles. The van der Waals surface area contributed by atoms with Crippen molar-refractivity contribution in [2.45, 2.75) is 0 Å². The molecule has 0 aliphatic heterocycles. The number of amides is 1. The van der Waals surface area contributed by atoms with Crippen LogP contribution in [0, 0.1) is 5.82 Å². The minimum absolute atomic E-state index is 0.0274. The van der Waals surface area contributed by atoms with Gasteiger partial charge in [0.2, 0.25) is 0 Å². The minimum Gasteiger partial charge on any atom is -0.454 e. The van der Waals surface area contributed by atoms with Crippen LogP contribution in [0.25, 0.3) is 11.4 Å². The fraction of sp³-hybridized carbons (Fsp3) is 0. The Balaban J connectivity index is 1.79. The highest BCUT2D eigenvalue weighted by Crippen LogP contribution is 2.28. The van der Waals surface area contributed by atoms with E-state index in [1.54, 1.807) is 24.3 Å². The second-order valence-electron chi connectivity index (χ2n) is 5.18. The molecule has 0 saturated carbocycles. The van der Waals surface area contributed by atoms with E-state index in [-0.39, 0.29) is 22.3 Å². The lowest BCUT2D eigenvalue weighted by molar-refractivity contribution is 0.0632. The summed E-state index contributed by atoms with van der Waals surface area (Å²) in [5.41, 5.74) is 5.25. The summed E-state index contributed by atoms with van der Waals surface area (Å²) in [6.07, 6.45) is 0.115. The fourth-order valence-electron chi connectivity index (χ4n) is 2.11. The maximum absolute atomic E-state index is 13.8. The average molecular weight is 388 g/mol. The zero-order chi connectivity index (χ0) is 19.4. The maximum Gasteiger partial charge on any atom is 0.412 e. The number of hydrogen-bond acceptors (Lipinski definition) is 6. The van der Waals surface area contributed by atoms with Crippen LogP contribution < -0.4 is 10.5 Å². The Kier molecular flexibility index (Phi) is 5.28. The first-order valence-corrected chi connectivity index (χ1v) is 7.88. The summed E-state index contributed by atoms with van der Waals surface area (Å²) in [5.74, 6) is -0.943. The van der Waals surface area contributed by atoms with Crippen LogP contribution in [0.3, 0.4) is 0 Å². The summed E-state index contributed by atoms with van der Waals surface area (Å²) < 4.78 is 23.5. The summed E-state index contributed by atoms with van der Waals surface area (Å²) in [6.45, 7) is 0. The first-order valence-electron chi connectivity index (χ1n) is 7.50. The van der Waals surface area contributed by atoms with Gasteiger partial charge in [0.25, 0.3) is 0 Å². The molecule has 9 heteroatoms. The molecule has 3 aromatic rings. The van der Waals surface area contributed by atoms with Gasteiger partial charge in [0.15, 0.2) is 23.1 Å². The van der Waals surface area contributed by atoms with Gasteiger partial charge in [-0.15, -0.1) is 0 Å². The number of halogens is 2. The largest absolute Gasteiger partial charge is 0.454 e. The fourth-order valence-corrected chi connectivity index (χ4v) is 2.27. The normalized spacial score (nSPS) is 10.3. The number of carbonyl (C=O) groups excluding carboxylic acids is 2. The average Bonchev–Trinajstić information content (AvgIpc) is 2.64. The van der Waals surface area contributed by atoms with Gasteiger partial charge in [-0.1, -0.05) is 11.6 Å². The van der Waals surface area contributed by atoms with Crippen molar-refractivity contribution in [2.24, 2.45) is 5.73 Å². The first kappa shape index (κ1) is 18.3. The van der Waals surface area contributed by atoms with Crippen molar-refractivity contribution in [3.63, 3.8) is 0 Å². The Morgan fingerprint density at radius 3 is 2.48 bits per heavy atom. The van der Waals surface area contributed by atoms with Crippen LogP contribution in [0.2, 0.25) is 5.02 Å². The van der Waals surface area contributed by atoms with E-state index in [1.165, 1.54) is 24.4 Å². The third-order valence-corrected chi connectivity index (χ3v) is 3.53. The zero-order valence-electron chi connectivity index (χ0n) is 13.6. The predicted molar refractivity (Wildman–Crippen MR) is 94.0 cm³/mol. The van der Waals surface area contributed by atoms with E-state index in [9.17, 15) is 14.0 Å². The molecule has 7 nitrogen and oxygen atoms in total. The molecule has 27 heavy (non-hydrogen) atoms. The van der Waals surface area contributed by atoms with Crippen LogP contribution in [0.15, 0.2) is 54.7 Å². The Morgan fingerprint density at radius 2 is 1.81 bits per heavy atom. The van der Waals surface area contributed by atoms with E-state index in [1.807, 2.05) is 0 Å². The van der Waals surface area contributed by atoms with Crippen LogP contribution in [-0.4, -0.2) is 22.0 Å². The molecule has 0 unspecified atom stereocenters. The van der Waals surface area contributed by atoms with Crippen molar-refractivity contribution >= 4 is 23.7 Å². The van der Waals surface area contributed by atoms with Crippen LogP contribution >= 0.6 is 11.6 Å². The van der Waals surface area contributed by atoms with E-state index < -0.39 is 17.9 Å². The highest BCUT2D eigenvalue weighted by molar-refractivity contribution is 6.30. The molecule has 0 saturated heterocycles. The van der Waals surface area contributed by atoms with Crippen molar-refractivity contribution in [3.05, 3.63) is 71.3 Å². The molecule has 1 heterocycles. The third-order valence-electron chi connectivity index (χ3n) is 3.29. The summed E-state index contributed by atoms with van der Waals surface area (Å²) in [4.78, 5) is 30.4. The number of rotatable bonds is 4. The van der Waals surface area contributed by atoms with Crippen molar-refractivity contribution in [1.82, 2.24) is 9.97 Å². The van der Waals surface area contributed by atoms with E-state index in [0.717, 1.165) is 6.07 Å². The number of carbonyl (C=O) groups is 2. The van der Waals surface area contributed by atoms with E-state index in [2.05, 4.69) is 14.7 Å². The molecule has 0 radical (unpaired) electrons. The third kappa shape index (κ3) is 4.56. The molecule has 0 bridgehead atoms. The molecule has 0 aliphatic rings. The molecule has 0 atom stereocenters. The van der Waals surface area contributed by atoms with E-state index >= 15 is 0 Å². The highest BCUT2D eigenvalue weighted by atomic mass is 35.5. The topological polar surface area (TPSA) is 104 Å². The number of esters is 1. The van der Waals surface area contributed by atoms with Crippen molar-refractivity contribution in [1.29, 1.82) is 0 Å². The van der Waals surface area contributed by atoms with Gasteiger partial charge in [0.05, 0.1) is 0 Å². The quantitative estimate of drug-likeness (QED) is 0.536. The van der Waals surface area contributed by atoms with Gasteiger partial charge in [-0.25, -0.2) is 23.9 Å². The summed E-state index contributed by atoms with van der Waals surface area (Å²) in [7, 11) is 0. The molecular weight excluding hydrogens is 377 g/mol.